The molecule has 0 spiro atoms. The zero-order valence-electron chi connectivity index (χ0n) is 18.7. The van der Waals surface area contributed by atoms with Crippen molar-refractivity contribution in [2.24, 2.45) is 0 Å². The van der Waals surface area contributed by atoms with Gasteiger partial charge in [0.1, 0.15) is 5.82 Å². The number of anilines is 1. The van der Waals surface area contributed by atoms with Crippen molar-refractivity contribution in [3.63, 3.8) is 0 Å². The molecule has 0 bridgehead atoms. The first-order chi connectivity index (χ1) is 15.7. The van der Waals surface area contributed by atoms with Crippen molar-refractivity contribution >= 4 is 33.4 Å². The summed E-state index contributed by atoms with van der Waals surface area (Å²) in [5.74, 6) is 1.14. The largest absolute Gasteiger partial charge is 0.325 e. The molecule has 0 saturated heterocycles. The second-order valence-electron chi connectivity index (χ2n) is 8.32. The summed E-state index contributed by atoms with van der Waals surface area (Å²) >= 11 is 1.30. The summed E-state index contributed by atoms with van der Waals surface area (Å²) in [4.78, 5) is 17.6. The topological polar surface area (TPSA) is 106 Å². The van der Waals surface area contributed by atoms with Crippen LogP contribution in [0, 0.1) is 0 Å². The normalized spacial score (nSPS) is 14.9. The maximum absolute atomic E-state index is 12.7. The summed E-state index contributed by atoms with van der Waals surface area (Å²) in [6.07, 6.45) is 2.20. The predicted molar refractivity (Wildman–Crippen MR) is 129 cm³/mol. The van der Waals surface area contributed by atoms with E-state index in [9.17, 15) is 13.2 Å². The van der Waals surface area contributed by atoms with E-state index in [2.05, 4.69) is 15.1 Å². The van der Waals surface area contributed by atoms with Gasteiger partial charge in [0, 0.05) is 17.6 Å². The van der Waals surface area contributed by atoms with E-state index in [0.29, 0.717) is 16.8 Å². The summed E-state index contributed by atoms with van der Waals surface area (Å²) in [6.45, 7) is 5.32. The van der Waals surface area contributed by atoms with Crippen LogP contribution in [0.1, 0.15) is 45.4 Å². The summed E-state index contributed by atoms with van der Waals surface area (Å²) in [7, 11) is -3.57. The van der Waals surface area contributed by atoms with Crippen molar-refractivity contribution in [3.8, 4) is 5.69 Å². The molecule has 2 aromatic carbocycles. The Bertz CT molecular complexity index is 1220. The number of nitrogens with one attached hydrogen (secondary N) is 2. The van der Waals surface area contributed by atoms with Crippen LogP contribution in [0.2, 0.25) is 0 Å². The first-order valence-electron chi connectivity index (χ1n) is 10.9. The number of rotatable bonds is 9. The van der Waals surface area contributed by atoms with Crippen LogP contribution >= 0.6 is 11.8 Å². The highest BCUT2D eigenvalue weighted by Crippen LogP contribution is 2.40. The lowest BCUT2D eigenvalue weighted by Gasteiger charge is -2.12. The number of hydrogen-bond acceptors (Lipinski definition) is 6. The van der Waals surface area contributed by atoms with Gasteiger partial charge in [0.15, 0.2) is 0 Å². The molecule has 1 fully saturated rings. The number of para-hydroxylation sites is 1. The van der Waals surface area contributed by atoms with Gasteiger partial charge in [-0.15, -0.1) is 5.10 Å². The van der Waals surface area contributed by atoms with E-state index >= 15 is 0 Å². The number of carbonyl (C=O) groups is 1. The standard InChI is InChI=1S/C23H27N5O3S2/c1-15(2)27-33(30,31)20-13-11-18(12-14-20)24-22(29)16(3)32-23-25-21(17-9-10-17)28(26-23)19-7-5-4-6-8-19/h4-8,11-17,27H,9-10H2,1-3H3,(H,24,29)/t16-/m0/s1. The third-order valence-electron chi connectivity index (χ3n) is 5.03. The molecule has 1 amide bonds. The van der Waals surface area contributed by atoms with Gasteiger partial charge in [-0.1, -0.05) is 30.0 Å². The Hall–Kier alpha value is -2.69. The fraction of sp³-hybridized carbons (Fsp3) is 0.348. The molecule has 1 aromatic heterocycles. The number of aromatic nitrogens is 3. The van der Waals surface area contributed by atoms with E-state index in [1.165, 1.54) is 23.9 Å². The molecule has 1 saturated carbocycles. The fourth-order valence-electron chi connectivity index (χ4n) is 3.27. The highest BCUT2D eigenvalue weighted by Gasteiger charge is 2.31. The van der Waals surface area contributed by atoms with Crippen LogP contribution in [0.25, 0.3) is 5.69 Å². The van der Waals surface area contributed by atoms with Crippen molar-refractivity contribution in [2.45, 2.75) is 60.9 Å². The number of amides is 1. The number of carbonyl (C=O) groups excluding carboxylic acids is 1. The van der Waals surface area contributed by atoms with Crippen molar-refractivity contribution in [3.05, 3.63) is 60.4 Å². The Balaban J connectivity index is 1.42. The maximum atomic E-state index is 12.7. The second kappa shape index (κ2) is 9.66. The minimum absolute atomic E-state index is 0.153. The van der Waals surface area contributed by atoms with Gasteiger partial charge in [-0.3, -0.25) is 4.79 Å². The lowest BCUT2D eigenvalue weighted by molar-refractivity contribution is -0.115. The smallest absolute Gasteiger partial charge is 0.240 e. The van der Waals surface area contributed by atoms with Crippen LogP contribution < -0.4 is 10.0 Å². The van der Waals surface area contributed by atoms with Gasteiger partial charge in [-0.05, 0) is 70.0 Å². The van der Waals surface area contributed by atoms with Crippen molar-refractivity contribution in [1.82, 2.24) is 19.5 Å². The Kier molecular flexibility index (Phi) is 6.87. The van der Waals surface area contributed by atoms with Gasteiger partial charge >= 0.3 is 0 Å². The molecular formula is C23H27N5O3S2. The summed E-state index contributed by atoms with van der Waals surface area (Å²) in [5, 5.41) is 7.60. The first kappa shape index (κ1) is 23.5. The van der Waals surface area contributed by atoms with E-state index in [-0.39, 0.29) is 16.8 Å². The Morgan fingerprint density at radius 1 is 1.06 bits per heavy atom. The van der Waals surface area contributed by atoms with Crippen LogP contribution in [0.4, 0.5) is 5.69 Å². The van der Waals surface area contributed by atoms with Crippen LogP contribution in [-0.2, 0) is 14.8 Å². The van der Waals surface area contributed by atoms with E-state index in [0.717, 1.165) is 24.4 Å². The van der Waals surface area contributed by atoms with Gasteiger partial charge in [0.05, 0.1) is 15.8 Å². The molecule has 4 rings (SSSR count). The van der Waals surface area contributed by atoms with E-state index in [4.69, 9.17) is 4.98 Å². The number of hydrogen-bond donors (Lipinski definition) is 2. The monoisotopic (exact) mass is 485 g/mol. The Labute approximate surface area is 198 Å². The molecule has 1 atom stereocenters. The molecule has 1 aliphatic rings. The zero-order chi connectivity index (χ0) is 23.6. The molecule has 1 heterocycles. The zero-order valence-corrected chi connectivity index (χ0v) is 20.4. The second-order valence-corrected chi connectivity index (χ2v) is 11.3. The highest BCUT2D eigenvalue weighted by atomic mass is 32.2. The molecule has 3 aromatic rings. The van der Waals surface area contributed by atoms with Gasteiger partial charge in [0.2, 0.25) is 21.1 Å². The van der Waals surface area contributed by atoms with Gasteiger partial charge < -0.3 is 5.32 Å². The predicted octanol–water partition coefficient (Wildman–Crippen LogP) is 3.95. The molecule has 0 radical (unpaired) electrons. The van der Waals surface area contributed by atoms with Gasteiger partial charge in [-0.2, -0.15) is 0 Å². The Morgan fingerprint density at radius 3 is 2.33 bits per heavy atom. The molecule has 10 heteroatoms. The lowest BCUT2D eigenvalue weighted by atomic mass is 10.3. The van der Waals surface area contributed by atoms with Crippen LogP contribution in [0.15, 0.2) is 64.6 Å². The van der Waals surface area contributed by atoms with E-state index < -0.39 is 15.3 Å². The highest BCUT2D eigenvalue weighted by molar-refractivity contribution is 8.00. The molecule has 1 aliphatic carbocycles. The minimum atomic E-state index is -3.57. The van der Waals surface area contributed by atoms with Crippen LogP contribution in [0.5, 0.6) is 0 Å². The van der Waals surface area contributed by atoms with Crippen molar-refractivity contribution in [2.75, 3.05) is 5.32 Å². The number of nitrogens with zero attached hydrogens (tertiary/aromatic N) is 3. The molecule has 2 N–H and O–H groups in total. The van der Waals surface area contributed by atoms with Crippen LogP contribution in [0.3, 0.4) is 0 Å². The van der Waals surface area contributed by atoms with E-state index in [1.54, 1.807) is 32.9 Å². The fourth-order valence-corrected chi connectivity index (χ4v) is 5.28. The van der Waals surface area contributed by atoms with Gasteiger partial charge in [-0.25, -0.2) is 22.8 Å². The number of benzene rings is 2. The molecular weight excluding hydrogens is 458 g/mol. The lowest BCUT2D eigenvalue weighted by Crippen LogP contribution is -2.30. The first-order valence-corrected chi connectivity index (χ1v) is 13.2. The molecule has 8 nitrogen and oxygen atoms in total. The van der Waals surface area contributed by atoms with E-state index in [1.807, 2.05) is 35.0 Å². The third kappa shape index (κ3) is 5.82. The summed E-state index contributed by atoms with van der Waals surface area (Å²) in [5.41, 5.74) is 1.48. The molecule has 0 unspecified atom stereocenters. The molecule has 33 heavy (non-hydrogen) atoms. The van der Waals surface area contributed by atoms with Crippen molar-refractivity contribution in [1.29, 1.82) is 0 Å². The van der Waals surface area contributed by atoms with Crippen LogP contribution in [-0.4, -0.2) is 40.4 Å². The SMILES string of the molecule is CC(C)NS(=O)(=O)c1ccc(NC(=O)[C@H](C)Sc2nc(C3CC3)n(-c3ccccc3)n2)cc1. The number of sulfonamides is 1. The average molecular weight is 486 g/mol. The summed E-state index contributed by atoms with van der Waals surface area (Å²) in [6, 6.07) is 15.8. The maximum Gasteiger partial charge on any atom is 0.240 e. The molecule has 174 valence electrons. The minimum Gasteiger partial charge on any atom is -0.325 e. The number of thioether (sulfide) groups is 1. The quantitative estimate of drug-likeness (QED) is 0.445. The molecule has 0 aliphatic heterocycles. The summed E-state index contributed by atoms with van der Waals surface area (Å²) < 4.78 is 28.9. The van der Waals surface area contributed by atoms with Crippen molar-refractivity contribution < 1.29 is 13.2 Å². The van der Waals surface area contributed by atoms with Gasteiger partial charge in [0.25, 0.3) is 0 Å². The Morgan fingerprint density at radius 2 is 1.73 bits per heavy atom. The third-order valence-corrected chi connectivity index (χ3v) is 7.66. The average Bonchev–Trinajstić information content (AvgIpc) is 3.54.